The Morgan fingerprint density at radius 1 is 1.41 bits per heavy atom. The molecule has 0 radical (unpaired) electrons. The van der Waals surface area contributed by atoms with Gasteiger partial charge < -0.3 is 13.8 Å². The predicted molar refractivity (Wildman–Crippen MR) is 66.1 cm³/mol. The number of hydrogen-bond acceptors (Lipinski definition) is 6. The van der Waals surface area contributed by atoms with Crippen molar-refractivity contribution in [2.75, 3.05) is 6.54 Å². The Kier molecular flexibility index (Phi) is 2.78. The Morgan fingerprint density at radius 2 is 2.23 bits per heavy atom. The summed E-state index contributed by atoms with van der Waals surface area (Å²) in [6.07, 6.45) is 3.67. The van der Waals surface area contributed by atoms with Gasteiger partial charge in [0.25, 0.3) is 11.8 Å². The average molecular weight is 310 g/mol. The molecule has 1 amide bonds. The minimum atomic E-state index is -3.01. The summed E-state index contributed by atoms with van der Waals surface area (Å²) in [5, 5.41) is 3.82. The van der Waals surface area contributed by atoms with E-state index >= 15 is 0 Å². The number of likely N-dealkylation sites (tertiary alicyclic amines) is 1. The molecule has 3 heterocycles. The molecule has 22 heavy (non-hydrogen) atoms. The number of carbonyl (C=O) groups excluding carboxylic acids is 1. The van der Waals surface area contributed by atoms with Crippen molar-refractivity contribution < 1.29 is 22.5 Å². The van der Waals surface area contributed by atoms with Gasteiger partial charge in [-0.2, -0.15) is 4.98 Å². The van der Waals surface area contributed by atoms with Crippen LogP contribution < -0.4 is 0 Å². The number of alkyl halides is 2. The summed E-state index contributed by atoms with van der Waals surface area (Å²) in [5.41, 5.74) is 0. The Labute approximate surface area is 123 Å². The Balaban J connectivity index is 1.63. The number of halogens is 2. The molecule has 9 heteroatoms. The molecule has 7 nitrogen and oxygen atoms in total. The number of nitrogens with zero attached hydrogens (tertiary/aromatic N) is 4. The maximum atomic E-state index is 13.8. The van der Waals surface area contributed by atoms with Crippen LogP contribution in [0.5, 0.6) is 0 Å². The summed E-state index contributed by atoms with van der Waals surface area (Å²) in [6, 6.07) is -0.951. The van der Waals surface area contributed by atoms with Gasteiger partial charge in [0.05, 0.1) is 12.7 Å². The molecule has 2 fully saturated rings. The molecule has 1 saturated heterocycles. The zero-order chi connectivity index (χ0) is 15.3. The fourth-order valence-electron chi connectivity index (χ4n) is 2.60. The van der Waals surface area contributed by atoms with E-state index in [4.69, 9.17) is 8.94 Å². The van der Waals surface area contributed by atoms with E-state index in [0.29, 0.717) is 5.82 Å². The summed E-state index contributed by atoms with van der Waals surface area (Å²) in [7, 11) is 0. The molecule has 4 rings (SSSR count). The van der Waals surface area contributed by atoms with Gasteiger partial charge >= 0.3 is 0 Å². The second-order valence-corrected chi connectivity index (χ2v) is 5.64. The molecular formula is C13H12F2N4O3. The van der Waals surface area contributed by atoms with Crippen molar-refractivity contribution in [3.05, 3.63) is 30.1 Å². The highest BCUT2D eigenvalue weighted by atomic mass is 19.3. The molecule has 1 aliphatic carbocycles. The molecule has 1 aliphatic heterocycles. The Morgan fingerprint density at radius 3 is 2.91 bits per heavy atom. The van der Waals surface area contributed by atoms with E-state index < -0.39 is 30.8 Å². The molecule has 1 unspecified atom stereocenters. The largest absolute Gasteiger partial charge is 0.438 e. The van der Waals surface area contributed by atoms with Crippen LogP contribution in [-0.4, -0.2) is 38.4 Å². The van der Waals surface area contributed by atoms with Crippen molar-refractivity contribution in [1.29, 1.82) is 0 Å². The molecule has 1 atom stereocenters. The predicted octanol–water partition coefficient (Wildman–Crippen LogP) is 2.16. The van der Waals surface area contributed by atoms with Crippen molar-refractivity contribution >= 4 is 5.91 Å². The van der Waals surface area contributed by atoms with E-state index in [1.165, 1.54) is 6.20 Å². The van der Waals surface area contributed by atoms with Crippen LogP contribution in [0.1, 0.15) is 53.5 Å². The smallest absolute Gasteiger partial charge is 0.292 e. The topological polar surface area (TPSA) is 85.3 Å². The maximum absolute atomic E-state index is 13.8. The van der Waals surface area contributed by atoms with Crippen LogP contribution in [0.15, 0.2) is 21.5 Å². The van der Waals surface area contributed by atoms with Crippen molar-refractivity contribution in [2.24, 2.45) is 0 Å². The van der Waals surface area contributed by atoms with Crippen molar-refractivity contribution in [2.45, 2.75) is 37.1 Å². The molecule has 0 spiro atoms. The van der Waals surface area contributed by atoms with Gasteiger partial charge in [0.15, 0.2) is 12.2 Å². The maximum Gasteiger partial charge on any atom is 0.292 e. The summed E-state index contributed by atoms with van der Waals surface area (Å²) < 4.78 is 37.6. The van der Waals surface area contributed by atoms with Gasteiger partial charge in [-0.3, -0.25) is 4.79 Å². The van der Waals surface area contributed by atoms with E-state index in [-0.39, 0.29) is 17.6 Å². The molecule has 1 saturated carbocycles. The minimum Gasteiger partial charge on any atom is -0.438 e. The molecule has 2 aromatic heterocycles. The quantitative estimate of drug-likeness (QED) is 0.863. The fraction of sp³-hybridized carbons (Fsp3) is 0.538. The third-order valence-corrected chi connectivity index (χ3v) is 3.86. The first-order valence-electron chi connectivity index (χ1n) is 6.94. The van der Waals surface area contributed by atoms with Gasteiger partial charge in [-0.15, -0.1) is 0 Å². The standard InChI is InChI=1S/C13H12F2N4O3/c14-13(15)3-8(11-17-10(18-22-11)7-1-2-7)19(5-13)12(20)9-4-16-6-21-9/h4,6-8H,1-3,5H2. The molecular weight excluding hydrogens is 298 g/mol. The van der Waals surface area contributed by atoms with Crippen LogP contribution in [0.3, 0.4) is 0 Å². The van der Waals surface area contributed by atoms with E-state index in [2.05, 4.69) is 15.1 Å². The second kappa shape index (κ2) is 4.59. The molecule has 2 aromatic rings. The lowest BCUT2D eigenvalue weighted by atomic mass is 10.2. The third-order valence-electron chi connectivity index (χ3n) is 3.86. The lowest BCUT2D eigenvalue weighted by molar-refractivity contribution is 0.0113. The second-order valence-electron chi connectivity index (χ2n) is 5.64. The minimum absolute atomic E-state index is 0.0481. The van der Waals surface area contributed by atoms with Crippen LogP contribution in [-0.2, 0) is 0 Å². The van der Waals surface area contributed by atoms with E-state index in [1.54, 1.807) is 0 Å². The number of oxazole rings is 1. The number of carbonyl (C=O) groups is 1. The van der Waals surface area contributed by atoms with Crippen molar-refractivity contribution in [3.63, 3.8) is 0 Å². The average Bonchev–Trinajstić information content (AvgIpc) is 2.95. The first-order chi connectivity index (χ1) is 10.5. The number of rotatable bonds is 3. The van der Waals surface area contributed by atoms with Crippen LogP contribution >= 0.6 is 0 Å². The highest BCUT2D eigenvalue weighted by Gasteiger charge is 2.50. The third kappa shape index (κ3) is 2.26. The summed E-state index contributed by atoms with van der Waals surface area (Å²) in [6.45, 7) is -0.710. The zero-order valence-electron chi connectivity index (χ0n) is 11.4. The lowest BCUT2D eigenvalue weighted by Crippen LogP contribution is -2.32. The fourth-order valence-corrected chi connectivity index (χ4v) is 2.60. The Hall–Kier alpha value is -2.32. The number of aromatic nitrogens is 3. The lowest BCUT2D eigenvalue weighted by Gasteiger charge is -2.19. The van der Waals surface area contributed by atoms with Crippen LogP contribution in [0.4, 0.5) is 8.78 Å². The highest BCUT2D eigenvalue weighted by Crippen LogP contribution is 2.43. The van der Waals surface area contributed by atoms with Crippen molar-refractivity contribution in [3.8, 4) is 0 Å². The molecule has 2 aliphatic rings. The van der Waals surface area contributed by atoms with Crippen LogP contribution in [0.2, 0.25) is 0 Å². The van der Waals surface area contributed by atoms with Gasteiger partial charge in [0, 0.05) is 12.3 Å². The van der Waals surface area contributed by atoms with Gasteiger partial charge in [0.2, 0.25) is 11.7 Å². The van der Waals surface area contributed by atoms with E-state index in [1.807, 2.05) is 0 Å². The SMILES string of the molecule is O=C(c1cnco1)N1CC(F)(F)CC1c1nc(C2CC2)no1. The van der Waals surface area contributed by atoms with Crippen molar-refractivity contribution in [1.82, 2.24) is 20.0 Å². The first kappa shape index (κ1) is 13.4. The van der Waals surface area contributed by atoms with E-state index in [9.17, 15) is 13.6 Å². The van der Waals surface area contributed by atoms with Gasteiger partial charge in [-0.25, -0.2) is 13.8 Å². The molecule has 0 bridgehead atoms. The van der Waals surface area contributed by atoms with Gasteiger partial charge in [-0.05, 0) is 12.8 Å². The van der Waals surface area contributed by atoms with Crippen LogP contribution in [0.25, 0.3) is 0 Å². The monoisotopic (exact) mass is 310 g/mol. The Bertz CT molecular complexity index is 696. The molecule has 0 aromatic carbocycles. The van der Waals surface area contributed by atoms with Gasteiger partial charge in [-0.1, -0.05) is 5.16 Å². The summed E-state index contributed by atoms with van der Waals surface area (Å²) in [4.78, 5) is 21.1. The number of amides is 1. The number of hydrogen-bond donors (Lipinski definition) is 0. The molecule has 116 valence electrons. The zero-order valence-corrected chi connectivity index (χ0v) is 11.4. The van der Waals surface area contributed by atoms with Crippen LogP contribution in [0, 0.1) is 0 Å². The highest BCUT2D eigenvalue weighted by molar-refractivity contribution is 5.91. The summed E-state index contributed by atoms with van der Waals surface area (Å²) >= 11 is 0. The normalized spacial score (nSPS) is 23.9. The van der Waals surface area contributed by atoms with E-state index in [0.717, 1.165) is 24.1 Å². The molecule has 0 N–H and O–H groups in total. The van der Waals surface area contributed by atoms with Gasteiger partial charge in [0.1, 0.15) is 6.04 Å². The first-order valence-corrected chi connectivity index (χ1v) is 6.94. The summed E-state index contributed by atoms with van der Waals surface area (Å²) in [5.74, 6) is -2.94.